The van der Waals surface area contributed by atoms with E-state index in [1.807, 2.05) is 24.3 Å². The minimum absolute atomic E-state index is 0.0963. The van der Waals surface area contributed by atoms with Crippen LogP contribution in [0.3, 0.4) is 0 Å². The molecule has 5 heteroatoms. The summed E-state index contributed by atoms with van der Waals surface area (Å²) < 4.78 is 5.73. The van der Waals surface area contributed by atoms with Gasteiger partial charge in [0, 0.05) is 16.9 Å². The number of carbonyl (C=O) groups is 2. The highest BCUT2D eigenvalue weighted by Gasteiger charge is 2.62. The Morgan fingerprint density at radius 2 is 1.80 bits per heavy atom. The van der Waals surface area contributed by atoms with Gasteiger partial charge in [0.2, 0.25) is 5.91 Å². The predicted octanol–water partition coefficient (Wildman–Crippen LogP) is 3.02. The summed E-state index contributed by atoms with van der Waals surface area (Å²) in [7, 11) is 0. The Morgan fingerprint density at radius 3 is 2.52 bits per heavy atom. The number of fused-ring (bicyclic) bond motifs is 2. The normalized spacial score (nSPS) is 29.8. The lowest BCUT2D eigenvalue weighted by atomic mass is 9.86. The lowest BCUT2D eigenvalue weighted by molar-refractivity contribution is -0.148. The zero-order valence-corrected chi connectivity index (χ0v) is 14.4. The maximum absolute atomic E-state index is 13.0. The van der Waals surface area contributed by atoms with E-state index >= 15 is 0 Å². The number of carboxylic acids is 1. The Balaban J connectivity index is 1.54. The lowest BCUT2D eigenvalue weighted by Crippen LogP contribution is -2.55. The molecule has 5 nitrogen and oxygen atoms in total. The second-order valence-electron chi connectivity index (χ2n) is 7.80. The zero-order valence-electron chi connectivity index (χ0n) is 14.4. The van der Waals surface area contributed by atoms with Crippen LogP contribution in [0.25, 0.3) is 0 Å². The number of rotatable bonds is 3. The smallest absolute Gasteiger partial charge is 0.329 e. The highest BCUT2D eigenvalue weighted by atomic mass is 16.5. The van der Waals surface area contributed by atoms with E-state index in [1.165, 1.54) is 0 Å². The van der Waals surface area contributed by atoms with Gasteiger partial charge < -0.3 is 15.2 Å². The molecule has 2 atom stereocenters. The van der Waals surface area contributed by atoms with Gasteiger partial charge in [-0.25, -0.2) is 4.79 Å². The van der Waals surface area contributed by atoms with Crippen LogP contribution in [0.5, 0.6) is 5.75 Å². The fourth-order valence-corrected chi connectivity index (χ4v) is 4.75. The Bertz CT molecular complexity index is 693. The number of hydrogen-bond donors (Lipinski definition) is 2. The van der Waals surface area contributed by atoms with Crippen LogP contribution in [-0.2, 0) is 15.0 Å². The molecule has 0 saturated heterocycles. The summed E-state index contributed by atoms with van der Waals surface area (Å²) in [4.78, 5) is 24.9. The Hall–Kier alpha value is -2.04. The van der Waals surface area contributed by atoms with Crippen LogP contribution in [0.2, 0.25) is 0 Å². The third-order valence-electron chi connectivity index (χ3n) is 6.35. The first-order chi connectivity index (χ1) is 12.1. The first-order valence-corrected chi connectivity index (χ1v) is 9.35. The molecule has 2 aliphatic carbocycles. The molecule has 1 spiro atoms. The SMILES string of the molecule is O=C(NC1(C(=O)O)CCCCCC1)[C@@H]1C[C@]12CCOc1ccccc12. The molecule has 0 unspecified atom stereocenters. The van der Waals surface area contributed by atoms with E-state index in [9.17, 15) is 14.7 Å². The molecule has 4 rings (SSSR count). The number of para-hydroxylation sites is 1. The fraction of sp³-hybridized carbons (Fsp3) is 0.600. The number of aliphatic carboxylic acids is 1. The van der Waals surface area contributed by atoms with Crippen molar-refractivity contribution in [3.63, 3.8) is 0 Å². The molecule has 1 aliphatic heterocycles. The second-order valence-corrected chi connectivity index (χ2v) is 7.80. The number of carboxylic acid groups (broad SMARTS) is 1. The van der Waals surface area contributed by atoms with E-state index < -0.39 is 11.5 Å². The number of amides is 1. The quantitative estimate of drug-likeness (QED) is 0.827. The Labute approximate surface area is 147 Å². The minimum atomic E-state index is -1.08. The Kier molecular flexibility index (Phi) is 3.97. The second kappa shape index (κ2) is 6.04. The molecular weight excluding hydrogens is 318 g/mol. The van der Waals surface area contributed by atoms with Crippen molar-refractivity contribution in [2.75, 3.05) is 6.61 Å². The number of hydrogen-bond acceptors (Lipinski definition) is 3. The van der Waals surface area contributed by atoms with E-state index in [1.54, 1.807) is 0 Å². The van der Waals surface area contributed by atoms with Crippen LogP contribution < -0.4 is 10.1 Å². The molecule has 2 saturated carbocycles. The highest BCUT2D eigenvalue weighted by Crippen LogP contribution is 2.60. The number of nitrogens with one attached hydrogen (secondary N) is 1. The van der Waals surface area contributed by atoms with Gasteiger partial charge in [-0.05, 0) is 31.7 Å². The average molecular weight is 343 g/mol. The summed E-state index contributed by atoms with van der Waals surface area (Å²) in [5.74, 6) is -0.255. The first kappa shape index (κ1) is 16.4. The molecule has 1 heterocycles. The number of carbonyl (C=O) groups excluding carboxylic acids is 1. The fourth-order valence-electron chi connectivity index (χ4n) is 4.75. The molecule has 1 aromatic carbocycles. The topological polar surface area (TPSA) is 75.6 Å². The third kappa shape index (κ3) is 2.70. The largest absolute Gasteiger partial charge is 0.493 e. The molecule has 3 aliphatic rings. The van der Waals surface area contributed by atoms with Crippen molar-refractivity contribution in [3.8, 4) is 5.75 Å². The van der Waals surface area contributed by atoms with E-state index in [-0.39, 0.29) is 17.2 Å². The van der Waals surface area contributed by atoms with Gasteiger partial charge >= 0.3 is 5.97 Å². The van der Waals surface area contributed by atoms with E-state index in [0.717, 1.165) is 49.8 Å². The van der Waals surface area contributed by atoms with Crippen LogP contribution in [0, 0.1) is 5.92 Å². The molecule has 1 aromatic rings. The van der Waals surface area contributed by atoms with E-state index in [0.29, 0.717) is 19.4 Å². The maximum Gasteiger partial charge on any atom is 0.329 e. The van der Waals surface area contributed by atoms with Gasteiger partial charge in [0.15, 0.2) is 0 Å². The molecule has 0 aromatic heterocycles. The van der Waals surface area contributed by atoms with E-state index in [2.05, 4.69) is 5.32 Å². The van der Waals surface area contributed by atoms with Crippen LogP contribution in [0.1, 0.15) is 56.9 Å². The summed E-state index contributed by atoms with van der Waals surface area (Å²) in [5, 5.41) is 12.7. The van der Waals surface area contributed by atoms with Gasteiger partial charge in [0.1, 0.15) is 11.3 Å². The summed E-state index contributed by atoms with van der Waals surface area (Å²) >= 11 is 0. The summed E-state index contributed by atoms with van der Waals surface area (Å²) in [6.45, 7) is 0.616. The van der Waals surface area contributed by atoms with Crippen molar-refractivity contribution in [2.24, 2.45) is 5.92 Å². The molecule has 134 valence electrons. The summed E-state index contributed by atoms with van der Waals surface area (Å²) in [5.41, 5.74) is -0.141. The molecular formula is C20H25NO4. The predicted molar refractivity (Wildman–Crippen MR) is 92.6 cm³/mol. The first-order valence-electron chi connectivity index (χ1n) is 9.35. The monoisotopic (exact) mass is 343 g/mol. The van der Waals surface area contributed by atoms with Gasteiger partial charge in [-0.2, -0.15) is 0 Å². The Morgan fingerprint density at radius 1 is 1.08 bits per heavy atom. The van der Waals surface area contributed by atoms with Gasteiger partial charge in [-0.1, -0.05) is 43.9 Å². The van der Waals surface area contributed by atoms with Crippen LogP contribution in [0.4, 0.5) is 0 Å². The van der Waals surface area contributed by atoms with Crippen molar-refractivity contribution >= 4 is 11.9 Å². The highest BCUT2D eigenvalue weighted by molar-refractivity contribution is 5.91. The minimum Gasteiger partial charge on any atom is -0.493 e. The van der Waals surface area contributed by atoms with Gasteiger partial charge in [0.05, 0.1) is 6.61 Å². The summed E-state index contributed by atoms with van der Waals surface area (Å²) in [6, 6.07) is 7.92. The van der Waals surface area contributed by atoms with Gasteiger partial charge in [0.25, 0.3) is 0 Å². The third-order valence-corrected chi connectivity index (χ3v) is 6.35. The molecule has 0 radical (unpaired) electrons. The van der Waals surface area contributed by atoms with Crippen molar-refractivity contribution in [1.29, 1.82) is 0 Å². The zero-order chi connectivity index (χ0) is 17.5. The van der Waals surface area contributed by atoms with Crippen molar-refractivity contribution < 1.29 is 19.4 Å². The number of benzene rings is 1. The van der Waals surface area contributed by atoms with Gasteiger partial charge in [-0.15, -0.1) is 0 Å². The molecule has 2 fully saturated rings. The van der Waals surface area contributed by atoms with Crippen LogP contribution in [0.15, 0.2) is 24.3 Å². The maximum atomic E-state index is 13.0. The van der Waals surface area contributed by atoms with Gasteiger partial charge in [-0.3, -0.25) is 4.79 Å². The molecule has 2 N–H and O–H groups in total. The molecule has 25 heavy (non-hydrogen) atoms. The lowest BCUT2D eigenvalue weighted by Gasteiger charge is -2.31. The van der Waals surface area contributed by atoms with Crippen molar-refractivity contribution in [2.45, 2.75) is 62.3 Å². The summed E-state index contributed by atoms with van der Waals surface area (Å²) in [6.07, 6.45) is 6.49. The van der Waals surface area contributed by atoms with Crippen LogP contribution >= 0.6 is 0 Å². The number of ether oxygens (including phenoxy) is 1. The molecule has 0 bridgehead atoms. The average Bonchev–Trinajstić information content (AvgIpc) is 3.36. The van der Waals surface area contributed by atoms with Crippen molar-refractivity contribution in [3.05, 3.63) is 29.8 Å². The van der Waals surface area contributed by atoms with Crippen molar-refractivity contribution in [1.82, 2.24) is 5.32 Å². The van der Waals surface area contributed by atoms with Crippen LogP contribution in [-0.4, -0.2) is 29.1 Å². The molecule has 1 amide bonds. The van der Waals surface area contributed by atoms with E-state index in [4.69, 9.17) is 4.74 Å². The standard InChI is InChI=1S/C20H25NO4/c22-17(21-20(18(23)24)9-5-1-2-6-10-20)15-13-19(15)11-12-25-16-8-4-3-7-14(16)19/h3-4,7-8,15H,1-2,5-6,9-13H2,(H,21,22)(H,23,24)/t15-,19-/m0/s1.